The van der Waals surface area contributed by atoms with Crippen LogP contribution in [0.4, 0.5) is 0 Å². The first kappa shape index (κ1) is 18.7. The summed E-state index contributed by atoms with van der Waals surface area (Å²) in [5.41, 5.74) is 3.86. The lowest BCUT2D eigenvalue weighted by Gasteiger charge is -2.35. The molecule has 0 radical (unpaired) electrons. The summed E-state index contributed by atoms with van der Waals surface area (Å²) in [5, 5.41) is 10.6. The van der Waals surface area contributed by atoms with Crippen LogP contribution in [0, 0.1) is 5.92 Å². The second-order valence-corrected chi connectivity index (χ2v) is 8.28. The van der Waals surface area contributed by atoms with Crippen molar-refractivity contribution in [2.75, 3.05) is 19.6 Å². The fraction of sp³-hybridized carbons (Fsp3) is 0.565. The van der Waals surface area contributed by atoms with Crippen LogP contribution < -0.4 is 0 Å². The number of piperidine rings is 1. The van der Waals surface area contributed by atoms with Crippen molar-refractivity contribution >= 4 is 0 Å². The molecular formula is C23H33N3O. The second-order valence-electron chi connectivity index (χ2n) is 8.28. The summed E-state index contributed by atoms with van der Waals surface area (Å²) >= 11 is 0. The Morgan fingerprint density at radius 2 is 1.89 bits per heavy atom. The molecule has 0 amide bonds. The Kier molecular flexibility index (Phi) is 5.96. The highest BCUT2D eigenvalue weighted by Crippen LogP contribution is 2.33. The van der Waals surface area contributed by atoms with E-state index in [9.17, 15) is 5.11 Å². The van der Waals surface area contributed by atoms with Gasteiger partial charge in [-0.25, -0.2) is 0 Å². The van der Waals surface area contributed by atoms with E-state index in [1.54, 1.807) is 0 Å². The zero-order valence-electron chi connectivity index (χ0n) is 16.6. The molecule has 1 aromatic carbocycles. The summed E-state index contributed by atoms with van der Waals surface area (Å²) < 4.78 is 2.43. The highest BCUT2D eigenvalue weighted by molar-refractivity contribution is 5.32. The zero-order valence-corrected chi connectivity index (χ0v) is 16.6. The summed E-state index contributed by atoms with van der Waals surface area (Å²) in [6.45, 7) is 7.50. The molecule has 0 spiro atoms. The van der Waals surface area contributed by atoms with Gasteiger partial charge in [-0.15, -0.1) is 0 Å². The summed E-state index contributed by atoms with van der Waals surface area (Å²) in [6, 6.07) is 12.8. The van der Waals surface area contributed by atoms with E-state index in [0.717, 1.165) is 38.4 Å². The number of nitrogens with zero attached hydrogens (tertiary/aromatic N) is 3. The van der Waals surface area contributed by atoms with Crippen LogP contribution in [0.5, 0.6) is 0 Å². The number of rotatable bonds is 7. The molecule has 0 bridgehead atoms. The van der Waals surface area contributed by atoms with Gasteiger partial charge in [-0.05, 0) is 54.9 Å². The molecule has 1 N–H and O–H groups in total. The van der Waals surface area contributed by atoms with Crippen LogP contribution in [0.2, 0.25) is 0 Å². The second kappa shape index (κ2) is 8.59. The minimum absolute atomic E-state index is 0.416. The number of benzene rings is 1. The number of fused-ring (bicyclic) bond motifs is 1. The number of aromatic nitrogens is 1. The molecule has 27 heavy (non-hydrogen) atoms. The van der Waals surface area contributed by atoms with Gasteiger partial charge < -0.3 is 9.67 Å². The van der Waals surface area contributed by atoms with Gasteiger partial charge in [-0.1, -0.05) is 37.6 Å². The Bertz CT molecular complexity index is 733. The first-order valence-corrected chi connectivity index (χ1v) is 10.6. The van der Waals surface area contributed by atoms with Crippen molar-refractivity contribution in [3.63, 3.8) is 0 Å². The van der Waals surface area contributed by atoms with Gasteiger partial charge in [-0.3, -0.25) is 9.80 Å². The summed E-state index contributed by atoms with van der Waals surface area (Å²) in [5.74, 6) is 0.689. The average molecular weight is 368 g/mol. The number of unbranched alkanes of at least 4 members (excludes halogenated alkanes) is 1. The van der Waals surface area contributed by atoms with Crippen LogP contribution in [0.15, 0.2) is 42.6 Å². The van der Waals surface area contributed by atoms with Gasteiger partial charge in [-0.2, -0.15) is 0 Å². The number of hydrogen-bond acceptors (Lipinski definition) is 3. The van der Waals surface area contributed by atoms with Crippen LogP contribution in [-0.2, 0) is 19.6 Å². The van der Waals surface area contributed by atoms with E-state index < -0.39 is 6.23 Å². The van der Waals surface area contributed by atoms with E-state index in [1.165, 1.54) is 43.4 Å². The van der Waals surface area contributed by atoms with Crippen LogP contribution in [0.25, 0.3) is 0 Å². The number of likely N-dealkylation sites (tertiary alicyclic amines) is 1. The maximum Gasteiger partial charge on any atom is 0.134 e. The normalized spacial score (nSPS) is 21.6. The summed E-state index contributed by atoms with van der Waals surface area (Å²) in [6.07, 6.45) is 7.98. The van der Waals surface area contributed by atoms with E-state index in [-0.39, 0.29) is 0 Å². The predicted octanol–water partition coefficient (Wildman–Crippen LogP) is 4.01. The van der Waals surface area contributed by atoms with Crippen LogP contribution >= 0.6 is 0 Å². The van der Waals surface area contributed by atoms with Crippen LogP contribution in [-0.4, -0.2) is 39.1 Å². The minimum atomic E-state index is -0.416. The molecule has 4 heteroatoms. The lowest BCUT2D eigenvalue weighted by atomic mass is 9.96. The molecule has 1 fully saturated rings. The average Bonchev–Trinajstić information content (AvgIpc) is 3.26. The molecule has 3 heterocycles. The molecule has 2 aliphatic rings. The van der Waals surface area contributed by atoms with Crippen molar-refractivity contribution < 1.29 is 5.11 Å². The van der Waals surface area contributed by atoms with Gasteiger partial charge in [0.1, 0.15) is 6.23 Å². The molecule has 1 aromatic heterocycles. The van der Waals surface area contributed by atoms with Crippen LogP contribution in [0.1, 0.15) is 55.7 Å². The SMILES string of the molecule is CCCCc1cccn1CN1CCC(CN2Cc3ccccc3C2O)CC1. The Labute approximate surface area is 163 Å². The number of aliphatic hydroxyl groups is 1. The molecular weight excluding hydrogens is 334 g/mol. The Hall–Kier alpha value is -1.62. The van der Waals surface area contributed by atoms with Gasteiger partial charge in [0.15, 0.2) is 0 Å². The molecule has 146 valence electrons. The molecule has 1 unspecified atom stereocenters. The first-order valence-electron chi connectivity index (χ1n) is 10.6. The predicted molar refractivity (Wildman–Crippen MR) is 109 cm³/mol. The largest absolute Gasteiger partial charge is 0.374 e. The minimum Gasteiger partial charge on any atom is -0.374 e. The van der Waals surface area contributed by atoms with E-state index in [2.05, 4.69) is 57.8 Å². The fourth-order valence-electron chi connectivity index (χ4n) is 4.63. The van der Waals surface area contributed by atoms with E-state index in [4.69, 9.17) is 0 Å². The number of aliphatic hydroxyl groups excluding tert-OH is 1. The van der Waals surface area contributed by atoms with Gasteiger partial charge in [0, 0.05) is 38.1 Å². The van der Waals surface area contributed by atoms with Crippen LogP contribution in [0.3, 0.4) is 0 Å². The summed E-state index contributed by atoms with van der Waals surface area (Å²) in [7, 11) is 0. The highest BCUT2D eigenvalue weighted by atomic mass is 16.3. The first-order chi connectivity index (χ1) is 13.2. The van der Waals surface area contributed by atoms with Gasteiger partial charge in [0.25, 0.3) is 0 Å². The lowest BCUT2D eigenvalue weighted by Crippen LogP contribution is -2.39. The molecule has 4 rings (SSSR count). The third-order valence-corrected chi connectivity index (χ3v) is 6.31. The van der Waals surface area contributed by atoms with Gasteiger partial charge in [0.2, 0.25) is 0 Å². The third kappa shape index (κ3) is 4.29. The van der Waals surface area contributed by atoms with Crippen molar-refractivity contribution in [3.05, 3.63) is 59.4 Å². The van der Waals surface area contributed by atoms with E-state index >= 15 is 0 Å². The maximum absolute atomic E-state index is 10.6. The fourth-order valence-corrected chi connectivity index (χ4v) is 4.63. The maximum atomic E-state index is 10.6. The summed E-state index contributed by atoms with van der Waals surface area (Å²) in [4.78, 5) is 4.83. The Morgan fingerprint density at radius 3 is 2.67 bits per heavy atom. The molecule has 1 atom stereocenters. The smallest absolute Gasteiger partial charge is 0.134 e. The highest BCUT2D eigenvalue weighted by Gasteiger charge is 2.30. The Balaban J connectivity index is 1.26. The quantitative estimate of drug-likeness (QED) is 0.802. The van der Waals surface area contributed by atoms with Gasteiger partial charge in [0.05, 0.1) is 6.67 Å². The van der Waals surface area contributed by atoms with Crippen molar-refractivity contribution in [3.8, 4) is 0 Å². The molecule has 2 aromatic rings. The molecule has 0 saturated carbocycles. The van der Waals surface area contributed by atoms with Crippen molar-refractivity contribution in [1.29, 1.82) is 0 Å². The monoisotopic (exact) mass is 367 g/mol. The Morgan fingerprint density at radius 1 is 1.07 bits per heavy atom. The van der Waals surface area contributed by atoms with Crippen molar-refractivity contribution in [2.24, 2.45) is 5.92 Å². The lowest BCUT2D eigenvalue weighted by molar-refractivity contribution is -0.00508. The van der Waals surface area contributed by atoms with E-state index in [1.807, 2.05) is 6.07 Å². The number of hydrogen-bond donors (Lipinski definition) is 1. The van der Waals surface area contributed by atoms with E-state index in [0.29, 0.717) is 5.92 Å². The zero-order chi connectivity index (χ0) is 18.6. The third-order valence-electron chi connectivity index (χ3n) is 6.31. The molecule has 2 aliphatic heterocycles. The van der Waals surface area contributed by atoms with Crippen molar-refractivity contribution in [2.45, 2.75) is 58.5 Å². The molecule has 0 aliphatic carbocycles. The standard InChI is InChI=1S/C23H33N3O/c1-2-3-8-21-9-6-13-25(21)18-24-14-11-19(12-15-24)16-26-17-20-7-4-5-10-22(20)23(26)27/h4-7,9-10,13,19,23,27H,2-3,8,11-12,14-18H2,1H3. The topological polar surface area (TPSA) is 31.6 Å². The molecule has 1 saturated heterocycles. The van der Waals surface area contributed by atoms with Crippen molar-refractivity contribution in [1.82, 2.24) is 14.4 Å². The molecule has 4 nitrogen and oxygen atoms in total. The number of aryl methyl sites for hydroxylation is 1. The van der Waals surface area contributed by atoms with Gasteiger partial charge >= 0.3 is 0 Å².